The minimum absolute atomic E-state index is 0.0864. The summed E-state index contributed by atoms with van der Waals surface area (Å²) in [6.07, 6.45) is 6.25. The third kappa shape index (κ3) is 2.83. The van der Waals surface area contributed by atoms with Gasteiger partial charge in [0, 0.05) is 25.2 Å². The first-order valence-corrected chi connectivity index (χ1v) is 7.27. The molecule has 0 bridgehead atoms. The predicted molar refractivity (Wildman–Crippen MR) is 69.2 cm³/mol. The van der Waals surface area contributed by atoms with Crippen molar-refractivity contribution in [3.63, 3.8) is 0 Å². The van der Waals surface area contributed by atoms with E-state index < -0.39 is 0 Å². The zero-order valence-corrected chi connectivity index (χ0v) is 11.3. The highest BCUT2D eigenvalue weighted by Crippen LogP contribution is 2.40. The molecule has 2 atom stereocenters. The monoisotopic (exact) mass is 241 g/mol. The summed E-state index contributed by atoms with van der Waals surface area (Å²) in [7, 11) is 0. The predicted octanol–water partition coefficient (Wildman–Crippen LogP) is 2.35. The van der Waals surface area contributed by atoms with Gasteiger partial charge in [0.15, 0.2) is 0 Å². The third-order valence-corrected chi connectivity index (χ3v) is 4.31. The van der Waals surface area contributed by atoms with Gasteiger partial charge in [0.2, 0.25) is 0 Å². The van der Waals surface area contributed by atoms with E-state index in [0.717, 1.165) is 26.4 Å². The first-order chi connectivity index (χ1) is 8.32. The Balaban J connectivity index is 2.10. The molecule has 1 N–H and O–H groups in total. The van der Waals surface area contributed by atoms with Crippen LogP contribution in [0.1, 0.15) is 46.0 Å². The second kappa shape index (κ2) is 6.17. The molecule has 1 saturated heterocycles. The van der Waals surface area contributed by atoms with E-state index in [-0.39, 0.29) is 5.60 Å². The highest BCUT2D eigenvalue weighted by molar-refractivity contribution is 5.00. The molecule has 1 saturated carbocycles. The maximum absolute atomic E-state index is 6.20. The molecule has 2 unspecified atom stereocenters. The number of likely N-dealkylation sites (N-methyl/N-ethyl adjacent to an activating group) is 1. The van der Waals surface area contributed by atoms with Crippen molar-refractivity contribution in [2.45, 2.75) is 57.6 Å². The van der Waals surface area contributed by atoms with Crippen molar-refractivity contribution < 1.29 is 9.47 Å². The van der Waals surface area contributed by atoms with Gasteiger partial charge < -0.3 is 14.8 Å². The first kappa shape index (κ1) is 13.3. The fourth-order valence-corrected chi connectivity index (χ4v) is 3.62. The second-order valence-corrected chi connectivity index (χ2v) is 5.36. The molecule has 17 heavy (non-hydrogen) atoms. The van der Waals surface area contributed by atoms with Crippen molar-refractivity contribution in [2.24, 2.45) is 5.92 Å². The van der Waals surface area contributed by atoms with Gasteiger partial charge in [-0.15, -0.1) is 0 Å². The van der Waals surface area contributed by atoms with E-state index in [1.807, 2.05) is 0 Å². The molecule has 1 aliphatic carbocycles. The molecule has 100 valence electrons. The van der Waals surface area contributed by atoms with Gasteiger partial charge in [0.1, 0.15) is 0 Å². The Bertz CT molecular complexity index is 220. The van der Waals surface area contributed by atoms with Crippen LogP contribution in [0.4, 0.5) is 0 Å². The minimum atomic E-state index is 0.0864. The zero-order valence-electron chi connectivity index (χ0n) is 11.3. The van der Waals surface area contributed by atoms with Crippen LogP contribution in [0.25, 0.3) is 0 Å². The van der Waals surface area contributed by atoms with Crippen molar-refractivity contribution in [3.8, 4) is 0 Å². The Labute approximate surface area is 105 Å². The van der Waals surface area contributed by atoms with Gasteiger partial charge in [-0.2, -0.15) is 0 Å². The number of rotatable bonds is 6. The van der Waals surface area contributed by atoms with E-state index in [4.69, 9.17) is 9.47 Å². The molecule has 0 amide bonds. The number of hydrogen-bond donors (Lipinski definition) is 1. The average Bonchev–Trinajstić information content (AvgIpc) is 2.98. The largest absolute Gasteiger partial charge is 0.381 e. The average molecular weight is 241 g/mol. The smallest absolute Gasteiger partial charge is 0.0838 e. The van der Waals surface area contributed by atoms with E-state index in [2.05, 4.69) is 19.2 Å². The van der Waals surface area contributed by atoms with E-state index >= 15 is 0 Å². The normalized spacial score (nSPS) is 29.6. The van der Waals surface area contributed by atoms with Crippen LogP contribution in [0, 0.1) is 5.92 Å². The topological polar surface area (TPSA) is 30.5 Å². The van der Waals surface area contributed by atoms with Crippen LogP contribution in [0.15, 0.2) is 0 Å². The summed E-state index contributed by atoms with van der Waals surface area (Å²) >= 11 is 0. The number of ether oxygens (including phenoxy) is 2. The molecule has 2 fully saturated rings. The highest BCUT2D eigenvalue weighted by atomic mass is 16.5. The van der Waals surface area contributed by atoms with Crippen LogP contribution in [0.3, 0.4) is 0 Å². The lowest BCUT2D eigenvalue weighted by Gasteiger charge is -2.41. The summed E-state index contributed by atoms with van der Waals surface area (Å²) in [5.74, 6) is 0.639. The van der Waals surface area contributed by atoms with Gasteiger partial charge in [0.05, 0.1) is 12.2 Å². The Hall–Kier alpha value is -0.120. The van der Waals surface area contributed by atoms with Crippen LogP contribution in [0.5, 0.6) is 0 Å². The summed E-state index contributed by atoms with van der Waals surface area (Å²) < 4.78 is 11.8. The van der Waals surface area contributed by atoms with Gasteiger partial charge in [-0.25, -0.2) is 0 Å². The van der Waals surface area contributed by atoms with Crippen LogP contribution in [-0.2, 0) is 9.47 Å². The van der Waals surface area contributed by atoms with Crippen molar-refractivity contribution in [2.75, 3.05) is 26.4 Å². The van der Waals surface area contributed by atoms with Gasteiger partial charge in [0.25, 0.3) is 0 Å². The second-order valence-electron chi connectivity index (χ2n) is 5.36. The molecule has 3 heteroatoms. The molecule has 1 aliphatic heterocycles. The Morgan fingerprint density at radius 1 is 1.35 bits per heavy atom. The molecule has 0 aromatic heterocycles. The summed E-state index contributed by atoms with van der Waals surface area (Å²) in [6.45, 7) is 8.00. The van der Waals surface area contributed by atoms with Crippen molar-refractivity contribution in [3.05, 3.63) is 0 Å². The molecule has 3 nitrogen and oxygen atoms in total. The van der Waals surface area contributed by atoms with Crippen LogP contribution >= 0.6 is 0 Å². The molecule has 2 rings (SSSR count). The van der Waals surface area contributed by atoms with Crippen molar-refractivity contribution in [1.82, 2.24) is 5.32 Å². The minimum Gasteiger partial charge on any atom is -0.381 e. The SMILES string of the molecule is CCNC(C1CCOC1)C1(OCC)CCCC1. The molecular weight excluding hydrogens is 214 g/mol. The highest BCUT2D eigenvalue weighted by Gasteiger charge is 2.46. The lowest BCUT2D eigenvalue weighted by Crippen LogP contribution is -2.55. The summed E-state index contributed by atoms with van der Waals surface area (Å²) in [6, 6.07) is 0.484. The van der Waals surface area contributed by atoms with E-state index in [1.165, 1.54) is 32.1 Å². The molecule has 0 aromatic carbocycles. The molecule has 0 aromatic rings. The van der Waals surface area contributed by atoms with Crippen LogP contribution in [-0.4, -0.2) is 38.0 Å². The fraction of sp³-hybridized carbons (Fsp3) is 1.00. The maximum atomic E-state index is 6.20. The van der Waals surface area contributed by atoms with E-state index in [0.29, 0.717) is 12.0 Å². The lowest BCUT2D eigenvalue weighted by atomic mass is 9.82. The van der Waals surface area contributed by atoms with Crippen LogP contribution in [0.2, 0.25) is 0 Å². The number of hydrogen-bond acceptors (Lipinski definition) is 3. The molecule has 0 spiro atoms. The first-order valence-electron chi connectivity index (χ1n) is 7.27. The Morgan fingerprint density at radius 3 is 2.65 bits per heavy atom. The van der Waals surface area contributed by atoms with Crippen LogP contribution < -0.4 is 5.32 Å². The van der Waals surface area contributed by atoms with Gasteiger partial charge in [-0.3, -0.25) is 0 Å². The third-order valence-electron chi connectivity index (χ3n) is 4.31. The Morgan fingerprint density at radius 2 is 2.12 bits per heavy atom. The quantitative estimate of drug-likeness (QED) is 0.774. The summed E-state index contributed by atoms with van der Waals surface area (Å²) in [5.41, 5.74) is 0.0864. The summed E-state index contributed by atoms with van der Waals surface area (Å²) in [4.78, 5) is 0. The molecule has 0 radical (unpaired) electrons. The summed E-state index contributed by atoms with van der Waals surface area (Å²) in [5, 5.41) is 3.69. The van der Waals surface area contributed by atoms with Gasteiger partial charge in [-0.1, -0.05) is 19.8 Å². The van der Waals surface area contributed by atoms with Crippen molar-refractivity contribution >= 4 is 0 Å². The maximum Gasteiger partial charge on any atom is 0.0838 e. The zero-order chi connectivity index (χ0) is 12.1. The van der Waals surface area contributed by atoms with E-state index in [9.17, 15) is 0 Å². The Kier molecular flexibility index (Phi) is 4.83. The standard InChI is InChI=1S/C14H27NO2/c1-3-15-13(12-7-10-16-11-12)14(17-4-2)8-5-6-9-14/h12-13,15H,3-11H2,1-2H3. The lowest BCUT2D eigenvalue weighted by molar-refractivity contribution is -0.0754. The van der Waals surface area contributed by atoms with Gasteiger partial charge in [-0.05, 0) is 32.7 Å². The molecule has 1 heterocycles. The number of nitrogens with one attached hydrogen (secondary N) is 1. The van der Waals surface area contributed by atoms with Gasteiger partial charge >= 0.3 is 0 Å². The molecular formula is C14H27NO2. The molecule has 2 aliphatic rings. The fourth-order valence-electron chi connectivity index (χ4n) is 3.62. The van der Waals surface area contributed by atoms with E-state index in [1.54, 1.807) is 0 Å². The van der Waals surface area contributed by atoms with Crippen molar-refractivity contribution in [1.29, 1.82) is 0 Å².